The summed E-state index contributed by atoms with van der Waals surface area (Å²) in [5.74, 6) is -0.243. The molecule has 0 bridgehead atoms. The van der Waals surface area contributed by atoms with Gasteiger partial charge in [-0.15, -0.1) is 0 Å². The Morgan fingerprint density at radius 1 is 1.24 bits per heavy atom. The summed E-state index contributed by atoms with van der Waals surface area (Å²) < 4.78 is 13.7. The summed E-state index contributed by atoms with van der Waals surface area (Å²) in [6.45, 7) is 0. The van der Waals surface area contributed by atoms with Crippen LogP contribution in [0.25, 0.3) is 0 Å². The van der Waals surface area contributed by atoms with Crippen molar-refractivity contribution in [3.8, 4) is 0 Å². The van der Waals surface area contributed by atoms with Crippen molar-refractivity contribution in [3.05, 3.63) is 65.0 Å². The van der Waals surface area contributed by atoms with Gasteiger partial charge >= 0.3 is 0 Å². The normalized spacial score (nSPS) is 16.4. The van der Waals surface area contributed by atoms with Gasteiger partial charge in [-0.3, -0.25) is 4.79 Å². The van der Waals surface area contributed by atoms with E-state index >= 15 is 0 Å². The van der Waals surface area contributed by atoms with Crippen LogP contribution < -0.4 is 10.6 Å². The van der Waals surface area contributed by atoms with Crippen molar-refractivity contribution in [2.45, 2.75) is 18.9 Å². The molecule has 2 N–H and O–H groups in total. The zero-order chi connectivity index (χ0) is 14.8. The molecule has 2 aromatic rings. The molecule has 0 heterocycles. The quantitative estimate of drug-likeness (QED) is 0.908. The summed E-state index contributed by atoms with van der Waals surface area (Å²) in [7, 11) is 1.61. The molecule has 1 unspecified atom stereocenters. The van der Waals surface area contributed by atoms with Gasteiger partial charge in [-0.2, -0.15) is 0 Å². The molecule has 2 aromatic carbocycles. The second kappa shape index (κ2) is 5.56. The topological polar surface area (TPSA) is 41.1 Å². The summed E-state index contributed by atoms with van der Waals surface area (Å²) in [5.41, 5.74) is 3.30. The summed E-state index contributed by atoms with van der Waals surface area (Å²) in [6.07, 6.45) is 1.61. The molecule has 0 saturated carbocycles. The maximum atomic E-state index is 13.7. The molecule has 108 valence electrons. The van der Waals surface area contributed by atoms with Gasteiger partial charge in [0, 0.05) is 18.3 Å². The second-order valence-corrected chi connectivity index (χ2v) is 5.20. The van der Waals surface area contributed by atoms with Gasteiger partial charge in [0.15, 0.2) is 0 Å². The Balaban J connectivity index is 1.83. The van der Waals surface area contributed by atoms with Crippen LogP contribution in [0.1, 0.15) is 33.9 Å². The van der Waals surface area contributed by atoms with Crippen LogP contribution >= 0.6 is 0 Å². The Kier molecular flexibility index (Phi) is 3.60. The van der Waals surface area contributed by atoms with E-state index in [0.29, 0.717) is 5.56 Å². The number of hydrogen-bond donors (Lipinski definition) is 2. The van der Waals surface area contributed by atoms with Gasteiger partial charge in [0.05, 0.1) is 6.04 Å². The van der Waals surface area contributed by atoms with Gasteiger partial charge in [-0.1, -0.05) is 18.2 Å². The van der Waals surface area contributed by atoms with Gasteiger partial charge in [0.1, 0.15) is 5.82 Å². The molecule has 0 radical (unpaired) electrons. The fourth-order valence-corrected chi connectivity index (χ4v) is 2.86. The van der Waals surface area contributed by atoms with Gasteiger partial charge in [-0.25, -0.2) is 4.39 Å². The maximum absolute atomic E-state index is 13.7. The van der Waals surface area contributed by atoms with Crippen LogP contribution in [0.2, 0.25) is 0 Å². The van der Waals surface area contributed by atoms with Crippen molar-refractivity contribution in [2.24, 2.45) is 0 Å². The Morgan fingerprint density at radius 2 is 2.05 bits per heavy atom. The number of rotatable bonds is 3. The molecule has 0 spiro atoms. The van der Waals surface area contributed by atoms with Gasteiger partial charge in [0.25, 0.3) is 5.91 Å². The molecule has 1 atom stereocenters. The lowest BCUT2D eigenvalue weighted by atomic mass is 10.1. The molecule has 0 aromatic heterocycles. The number of nitrogens with one attached hydrogen (secondary N) is 2. The smallest absolute Gasteiger partial charge is 0.251 e. The van der Waals surface area contributed by atoms with Crippen molar-refractivity contribution in [1.29, 1.82) is 0 Å². The number of carbonyl (C=O) groups excluding carboxylic acids is 1. The number of carbonyl (C=O) groups is 1. The molecule has 0 aliphatic heterocycles. The Morgan fingerprint density at radius 3 is 2.86 bits per heavy atom. The average Bonchev–Trinajstić information content (AvgIpc) is 2.91. The van der Waals surface area contributed by atoms with E-state index in [-0.39, 0.29) is 17.8 Å². The average molecular weight is 284 g/mol. The summed E-state index contributed by atoms with van der Waals surface area (Å²) in [5, 5.41) is 6.01. The molecular formula is C17H17FN2O. The fraction of sp³-hybridized carbons (Fsp3) is 0.235. The monoisotopic (exact) mass is 284 g/mol. The molecule has 1 aliphatic rings. The van der Waals surface area contributed by atoms with Crippen LogP contribution in [0.4, 0.5) is 10.1 Å². The van der Waals surface area contributed by atoms with Crippen LogP contribution in [-0.4, -0.2) is 13.0 Å². The molecule has 1 aliphatic carbocycles. The largest absolute Gasteiger partial charge is 0.378 e. The van der Waals surface area contributed by atoms with E-state index in [2.05, 4.69) is 10.6 Å². The van der Waals surface area contributed by atoms with E-state index in [0.717, 1.165) is 29.7 Å². The van der Waals surface area contributed by atoms with Gasteiger partial charge in [-0.05, 0) is 48.2 Å². The van der Waals surface area contributed by atoms with E-state index in [9.17, 15) is 9.18 Å². The summed E-state index contributed by atoms with van der Waals surface area (Å²) in [4.78, 5) is 11.7. The highest BCUT2D eigenvalue weighted by molar-refractivity contribution is 5.94. The van der Waals surface area contributed by atoms with Crippen LogP contribution in [-0.2, 0) is 6.42 Å². The third-order valence-electron chi connectivity index (χ3n) is 3.91. The molecule has 0 saturated heterocycles. The van der Waals surface area contributed by atoms with Crippen molar-refractivity contribution in [2.75, 3.05) is 12.4 Å². The highest BCUT2D eigenvalue weighted by atomic mass is 19.1. The molecule has 4 heteroatoms. The number of amides is 1. The molecule has 0 fully saturated rings. The van der Waals surface area contributed by atoms with Crippen LogP contribution in [0, 0.1) is 5.82 Å². The highest BCUT2D eigenvalue weighted by Crippen LogP contribution is 2.35. The minimum Gasteiger partial charge on any atom is -0.378 e. The van der Waals surface area contributed by atoms with Crippen molar-refractivity contribution in [3.63, 3.8) is 0 Å². The molecule has 3 nitrogen and oxygen atoms in total. The van der Waals surface area contributed by atoms with E-state index < -0.39 is 0 Å². The van der Waals surface area contributed by atoms with Crippen molar-refractivity contribution >= 4 is 11.6 Å². The first-order valence-corrected chi connectivity index (χ1v) is 7.05. The predicted molar refractivity (Wildman–Crippen MR) is 80.9 cm³/mol. The number of hydrogen-bond acceptors (Lipinski definition) is 2. The Hall–Kier alpha value is -2.36. The van der Waals surface area contributed by atoms with Crippen LogP contribution in [0.3, 0.4) is 0 Å². The first kappa shape index (κ1) is 13.6. The third kappa shape index (κ3) is 2.61. The third-order valence-corrected chi connectivity index (χ3v) is 3.91. The number of fused-ring (bicyclic) bond motifs is 1. The van der Waals surface area contributed by atoms with Gasteiger partial charge in [0.2, 0.25) is 0 Å². The van der Waals surface area contributed by atoms with E-state index in [1.807, 2.05) is 24.3 Å². The summed E-state index contributed by atoms with van der Waals surface area (Å²) >= 11 is 0. The molecule has 3 rings (SSSR count). The maximum Gasteiger partial charge on any atom is 0.251 e. The standard InChI is InChI=1S/C17H17FN2O/c1-19-17(21)11-4-2-5-12(10-11)20-16-9-8-13-14(16)6-3-7-15(13)18/h2-7,10,16,20H,8-9H2,1H3,(H,19,21). The minimum atomic E-state index is -0.129. The number of halogens is 1. The first-order valence-electron chi connectivity index (χ1n) is 7.05. The highest BCUT2D eigenvalue weighted by Gasteiger charge is 2.24. The van der Waals surface area contributed by atoms with E-state index in [1.54, 1.807) is 19.2 Å². The SMILES string of the molecule is CNC(=O)c1cccc(NC2CCc3c(F)cccc32)c1. The Bertz CT molecular complexity index is 684. The fourth-order valence-electron chi connectivity index (χ4n) is 2.86. The molecular weight excluding hydrogens is 267 g/mol. The van der Waals surface area contributed by atoms with E-state index in [1.165, 1.54) is 6.07 Å². The summed E-state index contributed by atoms with van der Waals surface area (Å²) in [6, 6.07) is 12.7. The van der Waals surface area contributed by atoms with Crippen molar-refractivity contribution < 1.29 is 9.18 Å². The van der Waals surface area contributed by atoms with E-state index in [4.69, 9.17) is 0 Å². The van der Waals surface area contributed by atoms with Crippen LogP contribution in [0.15, 0.2) is 42.5 Å². The minimum absolute atomic E-state index is 0.0932. The second-order valence-electron chi connectivity index (χ2n) is 5.20. The zero-order valence-corrected chi connectivity index (χ0v) is 11.8. The molecule has 1 amide bonds. The predicted octanol–water partition coefficient (Wildman–Crippen LogP) is 3.28. The van der Waals surface area contributed by atoms with Crippen LogP contribution in [0.5, 0.6) is 0 Å². The number of anilines is 1. The van der Waals surface area contributed by atoms with Gasteiger partial charge < -0.3 is 10.6 Å². The first-order chi connectivity index (χ1) is 10.2. The lowest BCUT2D eigenvalue weighted by Crippen LogP contribution is -2.18. The van der Waals surface area contributed by atoms with Crippen molar-refractivity contribution in [1.82, 2.24) is 5.32 Å². The molecule has 21 heavy (non-hydrogen) atoms. The zero-order valence-electron chi connectivity index (χ0n) is 11.8. The number of benzene rings is 2. The lowest BCUT2D eigenvalue weighted by molar-refractivity contribution is 0.0963. The Labute approximate surface area is 123 Å². The lowest BCUT2D eigenvalue weighted by Gasteiger charge is -2.16.